The predicted octanol–water partition coefficient (Wildman–Crippen LogP) is 6.24. The van der Waals surface area contributed by atoms with E-state index in [0.717, 1.165) is 52.9 Å². The lowest BCUT2D eigenvalue weighted by Crippen LogP contribution is -2.29. The van der Waals surface area contributed by atoms with Crippen molar-refractivity contribution in [2.45, 2.75) is 44.4 Å². The second-order valence-electron chi connectivity index (χ2n) is 9.84. The molecule has 188 valence electrons. The van der Waals surface area contributed by atoms with Gasteiger partial charge in [0.05, 0.1) is 15.9 Å². The van der Waals surface area contributed by atoms with E-state index in [0.29, 0.717) is 34.3 Å². The first kappa shape index (κ1) is 23.8. The molecule has 1 atom stereocenters. The van der Waals surface area contributed by atoms with Crippen molar-refractivity contribution < 1.29 is 8.42 Å². The summed E-state index contributed by atoms with van der Waals surface area (Å²) in [5, 5.41) is 4.37. The molecule has 0 aliphatic heterocycles. The minimum Gasteiger partial charge on any atom is -0.268 e. The van der Waals surface area contributed by atoms with Crippen LogP contribution in [0.25, 0.3) is 49.0 Å². The van der Waals surface area contributed by atoms with Crippen molar-refractivity contribution in [2.75, 3.05) is 6.54 Å². The highest BCUT2D eigenvalue weighted by atomic mass is 32.2. The Morgan fingerprint density at radius 3 is 2.43 bits per heavy atom. The Bertz CT molecular complexity index is 1960. The largest absolute Gasteiger partial charge is 0.268 e. The molecule has 0 spiro atoms. The van der Waals surface area contributed by atoms with Crippen LogP contribution >= 0.6 is 0 Å². The van der Waals surface area contributed by atoms with Crippen LogP contribution in [0.2, 0.25) is 0 Å². The van der Waals surface area contributed by atoms with E-state index >= 15 is 0 Å². The van der Waals surface area contributed by atoms with Gasteiger partial charge in [-0.15, -0.1) is 0 Å². The summed E-state index contributed by atoms with van der Waals surface area (Å²) >= 11 is 0. The highest BCUT2D eigenvalue weighted by Gasteiger charge is 2.23. The van der Waals surface area contributed by atoms with Gasteiger partial charge < -0.3 is 0 Å². The van der Waals surface area contributed by atoms with Gasteiger partial charge >= 0.3 is 0 Å². The number of pyridine rings is 1. The molecule has 0 aliphatic carbocycles. The van der Waals surface area contributed by atoms with Crippen LogP contribution in [0.4, 0.5) is 0 Å². The second kappa shape index (κ2) is 9.08. The van der Waals surface area contributed by atoms with E-state index in [4.69, 9.17) is 4.98 Å². The molecule has 4 aromatic carbocycles. The van der Waals surface area contributed by atoms with Gasteiger partial charge in [-0.2, -0.15) is 0 Å². The summed E-state index contributed by atoms with van der Waals surface area (Å²) < 4.78 is 31.5. The molecule has 0 saturated carbocycles. The van der Waals surface area contributed by atoms with Gasteiger partial charge in [0, 0.05) is 33.5 Å². The Hall–Kier alpha value is -3.55. The van der Waals surface area contributed by atoms with Crippen LogP contribution in [0.5, 0.6) is 0 Å². The third-order valence-electron chi connectivity index (χ3n) is 7.61. The van der Waals surface area contributed by atoms with E-state index in [-0.39, 0.29) is 10.5 Å². The Labute approximate surface area is 215 Å². The minimum absolute atomic E-state index is 0.193. The van der Waals surface area contributed by atoms with Gasteiger partial charge in [-0.25, -0.2) is 18.1 Å². The first-order valence-electron chi connectivity index (χ1n) is 12.9. The summed E-state index contributed by atoms with van der Waals surface area (Å²) in [7, 11) is -3.78. The highest BCUT2D eigenvalue weighted by Crippen LogP contribution is 2.34. The van der Waals surface area contributed by atoms with Crippen LogP contribution in [-0.2, 0) is 10.0 Å². The molecular formula is C30H29N3O3S. The number of benzene rings is 4. The molecule has 6 rings (SSSR count). The van der Waals surface area contributed by atoms with Gasteiger partial charge in [0.25, 0.3) is 5.56 Å². The molecule has 37 heavy (non-hydrogen) atoms. The third-order valence-corrected chi connectivity index (χ3v) is 9.09. The van der Waals surface area contributed by atoms with Crippen molar-refractivity contribution >= 4 is 59.0 Å². The molecule has 0 aliphatic rings. The molecular weight excluding hydrogens is 482 g/mol. The highest BCUT2D eigenvalue weighted by molar-refractivity contribution is 7.89. The molecule has 0 amide bonds. The number of sulfonamides is 1. The summed E-state index contributed by atoms with van der Waals surface area (Å²) in [4.78, 5) is 19.0. The van der Waals surface area contributed by atoms with E-state index in [2.05, 4.69) is 18.6 Å². The number of hydrogen-bond donors (Lipinski definition) is 1. The number of fused-ring (bicyclic) bond motifs is 3. The molecule has 0 saturated heterocycles. The first-order valence-corrected chi connectivity index (χ1v) is 14.4. The van der Waals surface area contributed by atoms with Gasteiger partial charge in [0.15, 0.2) is 0 Å². The molecule has 1 unspecified atom stereocenters. The molecule has 0 fully saturated rings. The minimum atomic E-state index is -3.78. The van der Waals surface area contributed by atoms with Crippen LogP contribution in [0.1, 0.15) is 39.5 Å². The van der Waals surface area contributed by atoms with Gasteiger partial charge in [-0.05, 0) is 42.0 Å². The van der Waals surface area contributed by atoms with Gasteiger partial charge in [0.1, 0.15) is 5.65 Å². The Balaban J connectivity index is 1.59. The monoisotopic (exact) mass is 511 g/mol. The quantitative estimate of drug-likeness (QED) is 0.194. The fourth-order valence-electron chi connectivity index (χ4n) is 5.59. The second-order valence-corrected chi connectivity index (χ2v) is 11.6. The summed E-state index contributed by atoms with van der Waals surface area (Å²) in [6.45, 7) is 4.64. The predicted molar refractivity (Wildman–Crippen MR) is 151 cm³/mol. The topological polar surface area (TPSA) is 80.5 Å². The smallest absolute Gasteiger partial charge is 0.264 e. The van der Waals surface area contributed by atoms with Gasteiger partial charge in [-0.3, -0.25) is 9.20 Å². The number of nitrogens with one attached hydrogen (secondary N) is 1. The zero-order valence-electron chi connectivity index (χ0n) is 21.0. The Morgan fingerprint density at radius 2 is 1.65 bits per heavy atom. The van der Waals surface area contributed by atoms with Crippen molar-refractivity contribution in [2.24, 2.45) is 5.92 Å². The lowest BCUT2D eigenvalue weighted by Gasteiger charge is -2.18. The summed E-state index contributed by atoms with van der Waals surface area (Å²) in [6, 6.07) is 20.6. The number of nitrogens with zero attached hydrogens (tertiary/aromatic N) is 2. The SMILES string of the molecule is CCCCC(CC)CNS(=O)(=O)c1ccc2c(=O)n3c4cccc5cccc(nc3c3cccc1c23)c54. The number of unbranched alkanes of at least 4 members (excludes halogenated alkanes) is 1. The number of aromatic nitrogens is 2. The van der Waals surface area contributed by atoms with Crippen LogP contribution in [0.3, 0.4) is 0 Å². The number of rotatable bonds is 8. The van der Waals surface area contributed by atoms with Crippen molar-refractivity contribution in [1.82, 2.24) is 14.1 Å². The van der Waals surface area contributed by atoms with Crippen LogP contribution in [0.15, 0.2) is 76.4 Å². The fraction of sp³-hybridized carbons (Fsp3) is 0.267. The van der Waals surface area contributed by atoms with E-state index in [1.165, 1.54) is 0 Å². The van der Waals surface area contributed by atoms with E-state index in [1.807, 2.05) is 48.5 Å². The molecule has 6 nitrogen and oxygen atoms in total. The van der Waals surface area contributed by atoms with Crippen LogP contribution in [0, 0.1) is 5.92 Å². The fourth-order valence-corrected chi connectivity index (χ4v) is 6.91. The molecule has 7 heteroatoms. The molecule has 2 heterocycles. The van der Waals surface area contributed by atoms with Crippen molar-refractivity contribution in [3.05, 3.63) is 77.1 Å². The average molecular weight is 512 g/mol. The van der Waals surface area contributed by atoms with E-state index < -0.39 is 10.0 Å². The summed E-state index contributed by atoms with van der Waals surface area (Å²) in [5.74, 6) is 0.296. The molecule has 6 aromatic rings. The summed E-state index contributed by atoms with van der Waals surface area (Å²) in [5.41, 5.74) is 1.92. The maximum atomic E-state index is 13.9. The lowest BCUT2D eigenvalue weighted by atomic mass is 10.00. The van der Waals surface area contributed by atoms with Crippen molar-refractivity contribution in [3.63, 3.8) is 0 Å². The molecule has 0 radical (unpaired) electrons. The zero-order chi connectivity index (χ0) is 25.7. The summed E-state index contributed by atoms with van der Waals surface area (Å²) in [6.07, 6.45) is 4.09. The van der Waals surface area contributed by atoms with Crippen LogP contribution in [-0.4, -0.2) is 24.3 Å². The van der Waals surface area contributed by atoms with Crippen LogP contribution < -0.4 is 10.3 Å². The van der Waals surface area contributed by atoms with E-state index in [1.54, 1.807) is 22.6 Å². The first-order chi connectivity index (χ1) is 17.9. The van der Waals surface area contributed by atoms with Gasteiger partial charge in [0.2, 0.25) is 10.0 Å². The Morgan fingerprint density at radius 1 is 0.892 bits per heavy atom. The molecule has 0 bridgehead atoms. The van der Waals surface area contributed by atoms with Crippen molar-refractivity contribution in [3.8, 4) is 0 Å². The van der Waals surface area contributed by atoms with Crippen molar-refractivity contribution in [1.29, 1.82) is 0 Å². The standard InChI is InChI=1S/C30H29N3O3S/c1-3-5-9-19(4-2)18-31-37(35,36)26-17-16-23-28-21(26)12-8-13-22(28)29-32-24-14-6-10-20-11-7-15-25(27(20)24)33(29)30(23)34/h6-8,10-17,19,31H,3-5,9,18H2,1-2H3. The lowest BCUT2D eigenvalue weighted by molar-refractivity contribution is 0.444. The maximum absolute atomic E-state index is 13.9. The molecule has 2 aromatic heterocycles. The van der Waals surface area contributed by atoms with E-state index in [9.17, 15) is 13.2 Å². The Kier molecular flexibility index (Phi) is 5.85. The number of hydrogen-bond acceptors (Lipinski definition) is 4. The zero-order valence-corrected chi connectivity index (χ0v) is 21.8. The van der Waals surface area contributed by atoms with Gasteiger partial charge in [-0.1, -0.05) is 75.6 Å². The third kappa shape index (κ3) is 3.76. The maximum Gasteiger partial charge on any atom is 0.264 e. The molecule has 1 N–H and O–H groups in total. The average Bonchev–Trinajstić information content (AvgIpc) is 2.91. The normalized spacial score (nSPS) is 13.5.